The standard InChI is InChI=1S/C16H14N2O2S2/c1-12(22(19,20)14-10-6-3-7-11-14)15-17-18-16(21-15)13-8-4-2-5-9-13/h2-12H,1H3. The summed E-state index contributed by atoms with van der Waals surface area (Å²) in [7, 11) is -3.45. The molecule has 0 spiro atoms. The van der Waals surface area contributed by atoms with Crippen LogP contribution in [0.3, 0.4) is 0 Å². The van der Waals surface area contributed by atoms with Crippen LogP contribution in [0.4, 0.5) is 0 Å². The van der Waals surface area contributed by atoms with Gasteiger partial charge < -0.3 is 0 Å². The zero-order valence-corrected chi connectivity index (χ0v) is 13.5. The quantitative estimate of drug-likeness (QED) is 0.731. The molecule has 4 nitrogen and oxygen atoms in total. The highest BCUT2D eigenvalue weighted by atomic mass is 32.2. The molecule has 0 N–H and O–H groups in total. The molecule has 0 radical (unpaired) electrons. The third-order valence-corrected chi connectivity index (χ3v) is 6.73. The van der Waals surface area contributed by atoms with Crippen molar-refractivity contribution in [3.05, 3.63) is 65.7 Å². The van der Waals surface area contributed by atoms with Crippen molar-refractivity contribution in [2.24, 2.45) is 0 Å². The first-order valence-electron chi connectivity index (χ1n) is 6.77. The van der Waals surface area contributed by atoms with Gasteiger partial charge in [0.2, 0.25) is 0 Å². The topological polar surface area (TPSA) is 59.9 Å². The van der Waals surface area contributed by atoms with Crippen molar-refractivity contribution in [1.29, 1.82) is 0 Å². The maximum Gasteiger partial charge on any atom is 0.187 e. The molecule has 3 aromatic rings. The zero-order valence-electron chi connectivity index (χ0n) is 11.9. The SMILES string of the molecule is CC(c1nnc(-c2ccccc2)s1)S(=O)(=O)c1ccccc1. The summed E-state index contributed by atoms with van der Waals surface area (Å²) < 4.78 is 25.2. The van der Waals surface area contributed by atoms with Crippen molar-refractivity contribution in [2.45, 2.75) is 17.1 Å². The fourth-order valence-electron chi connectivity index (χ4n) is 2.04. The first-order chi connectivity index (χ1) is 10.6. The first-order valence-corrected chi connectivity index (χ1v) is 9.13. The molecular formula is C16H14N2O2S2. The van der Waals surface area contributed by atoms with Gasteiger partial charge in [-0.25, -0.2) is 8.42 Å². The van der Waals surface area contributed by atoms with Crippen LogP contribution in [-0.2, 0) is 9.84 Å². The predicted molar refractivity (Wildman–Crippen MR) is 87.4 cm³/mol. The third kappa shape index (κ3) is 2.80. The van der Waals surface area contributed by atoms with Crippen LogP contribution in [0, 0.1) is 0 Å². The lowest BCUT2D eigenvalue weighted by Crippen LogP contribution is -2.10. The molecule has 0 saturated heterocycles. The molecule has 0 saturated carbocycles. The molecule has 112 valence electrons. The monoisotopic (exact) mass is 330 g/mol. The zero-order chi connectivity index (χ0) is 15.6. The number of hydrogen-bond acceptors (Lipinski definition) is 5. The van der Waals surface area contributed by atoms with E-state index in [1.807, 2.05) is 30.3 Å². The summed E-state index contributed by atoms with van der Waals surface area (Å²) in [5, 5.41) is 8.70. The average Bonchev–Trinajstić information content (AvgIpc) is 3.05. The van der Waals surface area contributed by atoms with Crippen molar-refractivity contribution in [2.75, 3.05) is 0 Å². The van der Waals surface area contributed by atoms with Crippen molar-refractivity contribution >= 4 is 21.2 Å². The summed E-state index contributed by atoms with van der Waals surface area (Å²) in [6, 6.07) is 18.1. The molecule has 2 aromatic carbocycles. The highest BCUT2D eigenvalue weighted by Crippen LogP contribution is 2.33. The molecule has 6 heteroatoms. The van der Waals surface area contributed by atoms with Crippen LogP contribution in [0.5, 0.6) is 0 Å². The molecule has 1 heterocycles. The van der Waals surface area contributed by atoms with Gasteiger partial charge in [-0.05, 0) is 19.1 Å². The van der Waals surface area contributed by atoms with Gasteiger partial charge in [0.25, 0.3) is 0 Å². The maximum absolute atomic E-state index is 12.6. The van der Waals surface area contributed by atoms with Crippen LogP contribution >= 0.6 is 11.3 Å². The molecule has 0 fully saturated rings. The largest absolute Gasteiger partial charge is 0.223 e. The minimum atomic E-state index is -3.45. The van der Waals surface area contributed by atoms with E-state index < -0.39 is 15.1 Å². The van der Waals surface area contributed by atoms with Crippen LogP contribution in [0.25, 0.3) is 10.6 Å². The van der Waals surface area contributed by atoms with Crippen molar-refractivity contribution in [3.8, 4) is 10.6 Å². The number of aromatic nitrogens is 2. The van der Waals surface area contributed by atoms with E-state index in [9.17, 15) is 8.42 Å². The molecule has 3 rings (SSSR count). The fraction of sp³-hybridized carbons (Fsp3) is 0.125. The van der Waals surface area contributed by atoms with Gasteiger partial charge in [-0.15, -0.1) is 10.2 Å². The molecule has 1 unspecified atom stereocenters. The lowest BCUT2D eigenvalue weighted by atomic mass is 10.2. The van der Waals surface area contributed by atoms with Crippen molar-refractivity contribution in [3.63, 3.8) is 0 Å². The average molecular weight is 330 g/mol. The summed E-state index contributed by atoms with van der Waals surface area (Å²) >= 11 is 1.31. The number of hydrogen-bond donors (Lipinski definition) is 0. The fourth-order valence-corrected chi connectivity index (χ4v) is 4.61. The number of benzene rings is 2. The van der Waals surface area contributed by atoms with Gasteiger partial charge in [0, 0.05) is 5.56 Å². The Morgan fingerprint density at radius 3 is 2.14 bits per heavy atom. The summed E-state index contributed by atoms with van der Waals surface area (Å²) in [6.45, 7) is 1.65. The third-order valence-electron chi connectivity index (χ3n) is 3.35. The van der Waals surface area contributed by atoms with E-state index in [2.05, 4.69) is 10.2 Å². The van der Waals surface area contributed by atoms with Crippen molar-refractivity contribution in [1.82, 2.24) is 10.2 Å². The summed E-state index contributed by atoms with van der Waals surface area (Å²) in [6.07, 6.45) is 0. The van der Waals surface area contributed by atoms with Gasteiger partial charge in [0.05, 0.1) is 4.90 Å². The molecule has 0 aliphatic carbocycles. The Bertz CT molecular complexity index is 859. The van der Waals surface area contributed by atoms with Gasteiger partial charge in [-0.2, -0.15) is 0 Å². The number of nitrogens with zero attached hydrogens (tertiary/aromatic N) is 2. The normalized spacial score (nSPS) is 13.0. The first kappa shape index (κ1) is 14.9. The van der Waals surface area contributed by atoms with Gasteiger partial charge in [-0.1, -0.05) is 59.9 Å². The Balaban J connectivity index is 1.94. The number of rotatable bonds is 4. The molecule has 0 bridgehead atoms. The van der Waals surface area contributed by atoms with Gasteiger partial charge in [-0.3, -0.25) is 0 Å². The lowest BCUT2D eigenvalue weighted by molar-refractivity contribution is 0.585. The van der Waals surface area contributed by atoms with Crippen LogP contribution in [0.15, 0.2) is 65.6 Å². The Hall–Kier alpha value is -2.05. The molecule has 0 aliphatic heterocycles. The molecule has 0 aliphatic rings. The molecule has 0 amide bonds. The van der Waals surface area contributed by atoms with Gasteiger partial charge in [0.15, 0.2) is 9.84 Å². The lowest BCUT2D eigenvalue weighted by Gasteiger charge is -2.09. The molecule has 22 heavy (non-hydrogen) atoms. The summed E-state index contributed by atoms with van der Waals surface area (Å²) in [5.74, 6) is 0. The highest BCUT2D eigenvalue weighted by molar-refractivity contribution is 7.91. The second-order valence-corrected chi connectivity index (χ2v) is 8.09. The Morgan fingerprint density at radius 2 is 1.50 bits per heavy atom. The van der Waals surface area contributed by atoms with E-state index in [0.717, 1.165) is 10.6 Å². The van der Waals surface area contributed by atoms with Crippen LogP contribution in [-0.4, -0.2) is 18.6 Å². The van der Waals surface area contributed by atoms with Gasteiger partial charge in [0.1, 0.15) is 15.3 Å². The Labute approximate surface area is 133 Å². The predicted octanol–water partition coefficient (Wildman–Crippen LogP) is 3.74. The smallest absolute Gasteiger partial charge is 0.187 e. The minimum absolute atomic E-state index is 0.305. The van der Waals surface area contributed by atoms with Crippen LogP contribution < -0.4 is 0 Å². The summed E-state index contributed by atoms with van der Waals surface area (Å²) in [4.78, 5) is 0.305. The van der Waals surface area contributed by atoms with Crippen LogP contribution in [0.1, 0.15) is 17.2 Å². The molecule has 1 aromatic heterocycles. The minimum Gasteiger partial charge on any atom is -0.223 e. The van der Waals surface area contributed by atoms with E-state index in [-0.39, 0.29) is 0 Å². The van der Waals surface area contributed by atoms with E-state index in [0.29, 0.717) is 9.90 Å². The van der Waals surface area contributed by atoms with Crippen LogP contribution in [0.2, 0.25) is 0 Å². The molecule has 1 atom stereocenters. The van der Waals surface area contributed by atoms with Crippen molar-refractivity contribution < 1.29 is 8.42 Å². The second-order valence-electron chi connectivity index (χ2n) is 4.81. The Morgan fingerprint density at radius 1 is 0.909 bits per heavy atom. The summed E-state index contributed by atoms with van der Waals surface area (Å²) in [5.41, 5.74) is 0.940. The van der Waals surface area contributed by atoms with E-state index in [1.165, 1.54) is 11.3 Å². The van der Waals surface area contributed by atoms with E-state index >= 15 is 0 Å². The maximum atomic E-state index is 12.6. The molecular weight excluding hydrogens is 316 g/mol. The number of sulfone groups is 1. The van der Waals surface area contributed by atoms with E-state index in [1.54, 1.807) is 37.3 Å². The Kier molecular flexibility index (Phi) is 4.04. The second kappa shape index (κ2) is 5.98. The van der Waals surface area contributed by atoms with E-state index in [4.69, 9.17) is 0 Å². The van der Waals surface area contributed by atoms with Gasteiger partial charge >= 0.3 is 0 Å². The highest BCUT2D eigenvalue weighted by Gasteiger charge is 2.28.